The lowest BCUT2D eigenvalue weighted by Crippen LogP contribution is -2.59. The van der Waals surface area contributed by atoms with Crippen LogP contribution in [-0.4, -0.2) is 29.9 Å². The fraction of sp³-hybridized carbons (Fsp3) is 0.667. The van der Waals surface area contributed by atoms with Gasteiger partial charge in [-0.25, -0.2) is 0 Å². The zero-order chi connectivity index (χ0) is 15.5. The second-order valence-corrected chi connectivity index (χ2v) is 6.88. The van der Waals surface area contributed by atoms with Gasteiger partial charge in [0, 0.05) is 15.6 Å². The van der Waals surface area contributed by atoms with Gasteiger partial charge in [0.25, 0.3) is 0 Å². The van der Waals surface area contributed by atoms with E-state index in [9.17, 15) is 0 Å². The van der Waals surface area contributed by atoms with Crippen LogP contribution in [-0.2, 0) is 11.8 Å². The second kappa shape index (κ2) is 6.02. The molecule has 1 aromatic rings. The van der Waals surface area contributed by atoms with Crippen LogP contribution in [0.1, 0.15) is 52.9 Å². The van der Waals surface area contributed by atoms with Crippen molar-refractivity contribution in [1.82, 2.24) is 4.90 Å². The number of benzene rings is 1. The van der Waals surface area contributed by atoms with Crippen LogP contribution in [0, 0.1) is 12.8 Å². The van der Waals surface area contributed by atoms with Crippen molar-refractivity contribution in [3.05, 3.63) is 34.9 Å². The molecule has 21 heavy (non-hydrogen) atoms. The summed E-state index contributed by atoms with van der Waals surface area (Å²) < 4.78 is 23.8. The highest BCUT2D eigenvalue weighted by molar-refractivity contribution is 8.93. The predicted octanol–water partition coefficient (Wildman–Crippen LogP) is 3.44. The first kappa shape index (κ1) is 13.1. The number of likely N-dealkylation sites (N-methyl/N-ethyl adjacent to an activating group) is 1. The summed E-state index contributed by atoms with van der Waals surface area (Å²) in [4.78, 5) is 1.84. The van der Waals surface area contributed by atoms with Crippen molar-refractivity contribution in [2.24, 2.45) is 5.92 Å². The Kier molecular flexibility index (Phi) is 3.75. The number of likely N-dealkylation sites (tertiary alicyclic amines) is 1. The maximum atomic E-state index is 7.93. The van der Waals surface area contributed by atoms with Crippen molar-refractivity contribution >= 4 is 17.0 Å². The fourth-order valence-electron chi connectivity index (χ4n) is 5.12. The third-order valence-corrected chi connectivity index (χ3v) is 5.99. The van der Waals surface area contributed by atoms with E-state index in [1.54, 1.807) is 5.56 Å². The van der Waals surface area contributed by atoms with E-state index < -0.39 is 6.98 Å². The molecular formula is C18H28BrNO. The van der Waals surface area contributed by atoms with Gasteiger partial charge >= 0.3 is 0 Å². The molecular weight excluding hydrogens is 326 g/mol. The largest absolute Gasteiger partial charge is 0.412 e. The third-order valence-electron chi connectivity index (χ3n) is 5.99. The molecule has 3 heteroatoms. The number of fused-ring (bicyclic) bond motifs is 1. The molecule has 3 atom stereocenters. The molecule has 2 aliphatic carbocycles. The van der Waals surface area contributed by atoms with E-state index in [1.165, 1.54) is 36.8 Å². The van der Waals surface area contributed by atoms with Crippen LogP contribution in [0.4, 0.5) is 0 Å². The summed E-state index contributed by atoms with van der Waals surface area (Å²) in [5.41, 5.74) is 4.56. The SMILES string of the molecule is Br.O.[2H]C([2H])([2H])N1CC[C@@]23CCCC[C@@H]2[C@@H]1Cc1ccc(C)cc13. The van der Waals surface area contributed by atoms with E-state index in [-0.39, 0.29) is 33.9 Å². The van der Waals surface area contributed by atoms with Crippen molar-refractivity contribution in [2.45, 2.75) is 56.9 Å². The quantitative estimate of drug-likeness (QED) is 0.701. The summed E-state index contributed by atoms with van der Waals surface area (Å²) in [6.45, 7) is 0.958. The lowest BCUT2D eigenvalue weighted by molar-refractivity contribution is 0.00283. The molecule has 0 radical (unpaired) electrons. The zero-order valence-corrected chi connectivity index (χ0v) is 14.4. The van der Waals surface area contributed by atoms with Gasteiger partial charge in [-0.2, -0.15) is 0 Å². The highest BCUT2D eigenvalue weighted by Gasteiger charge is 2.52. The molecule has 0 amide bonds. The fourth-order valence-corrected chi connectivity index (χ4v) is 5.12. The van der Waals surface area contributed by atoms with Crippen LogP contribution in [0.15, 0.2) is 18.2 Å². The molecule has 1 heterocycles. The number of piperidine rings is 1. The Morgan fingerprint density at radius 3 is 2.95 bits per heavy atom. The molecule has 2 fully saturated rings. The normalized spacial score (nSPS) is 36.7. The predicted molar refractivity (Wildman–Crippen MR) is 93.5 cm³/mol. The van der Waals surface area contributed by atoms with E-state index in [0.717, 1.165) is 19.4 Å². The molecule has 1 saturated carbocycles. The number of hydrogen-bond acceptors (Lipinski definition) is 1. The number of nitrogens with zero attached hydrogens (tertiary/aromatic N) is 1. The van der Waals surface area contributed by atoms with Crippen molar-refractivity contribution in [3.8, 4) is 0 Å². The number of rotatable bonds is 0. The topological polar surface area (TPSA) is 34.7 Å². The Bertz CT molecular complexity index is 606. The first-order chi connectivity index (χ1) is 10.4. The van der Waals surface area contributed by atoms with Crippen LogP contribution in [0.2, 0.25) is 0 Å². The van der Waals surface area contributed by atoms with Gasteiger partial charge in [0.05, 0.1) is 0 Å². The first-order valence-electron chi connectivity index (χ1n) is 9.29. The van der Waals surface area contributed by atoms with Gasteiger partial charge in [-0.1, -0.05) is 36.6 Å². The molecule has 0 aromatic heterocycles. The van der Waals surface area contributed by atoms with Crippen molar-refractivity contribution < 1.29 is 9.59 Å². The summed E-state index contributed by atoms with van der Waals surface area (Å²) in [6, 6.07) is 7.05. The van der Waals surface area contributed by atoms with E-state index >= 15 is 0 Å². The molecule has 0 spiro atoms. The Labute approximate surface area is 143 Å². The summed E-state index contributed by atoms with van der Waals surface area (Å²) >= 11 is 0. The minimum Gasteiger partial charge on any atom is -0.412 e. The Balaban J connectivity index is 0.00000104. The minimum absolute atomic E-state index is 0. The van der Waals surface area contributed by atoms with Gasteiger partial charge in [-0.05, 0) is 63.2 Å². The third kappa shape index (κ3) is 2.38. The Morgan fingerprint density at radius 2 is 2.14 bits per heavy atom. The molecule has 1 aromatic carbocycles. The van der Waals surface area contributed by atoms with Crippen LogP contribution >= 0.6 is 17.0 Å². The molecule has 1 aliphatic heterocycles. The maximum Gasteiger partial charge on any atom is 0.0394 e. The molecule has 2 N–H and O–H groups in total. The molecule has 2 nitrogen and oxygen atoms in total. The van der Waals surface area contributed by atoms with E-state index in [1.807, 2.05) is 4.90 Å². The Hall–Kier alpha value is -0.380. The van der Waals surface area contributed by atoms with Crippen LogP contribution < -0.4 is 0 Å². The van der Waals surface area contributed by atoms with Gasteiger partial charge < -0.3 is 10.4 Å². The lowest BCUT2D eigenvalue weighted by atomic mass is 9.52. The highest BCUT2D eigenvalue weighted by Crippen LogP contribution is 2.55. The van der Waals surface area contributed by atoms with Gasteiger partial charge in [-0.15, -0.1) is 17.0 Å². The van der Waals surface area contributed by atoms with Crippen molar-refractivity contribution in [3.63, 3.8) is 0 Å². The van der Waals surface area contributed by atoms with Gasteiger partial charge in [0.2, 0.25) is 0 Å². The lowest BCUT2D eigenvalue weighted by Gasteiger charge is -2.58. The van der Waals surface area contributed by atoms with Crippen LogP contribution in [0.5, 0.6) is 0 Å². The van der Waals surface area contributed by atoms with Gasteiger partial charge in [0.15, 0.2) is 0 Å². The van der Waals surface area contributed by atoms with Crippen LogP contribution in [0.25, 0.3) is 0 Å². The van der Waals surface area contributed by atoms with E-state index in [0.29, 0.717) is 5.92 Å². The molecule has 1 saturated heterocycles. The van der Waals surface area contributed by atoms with Crippen molar-refractivity contribution in [1.29, 1.82) is 0 Å². The Morgan fingerprint density at radius 1 is 1.29 bits per heavy atom. The summed E-state index contributed by atoms with van der Waals surface area (Å²) in [7, 11) is 0. The molecule has 0 unspecified atom stereocenters. The van der Waals surface area contributed by atoms with E-state index in [4.69, 9.17) is 4.11 Å². The average molecular weight is 357 g/mol. The molecule has 2 bridgehead atoms. The number of hydrogen-bond donors (Lipinski definition) is 0. The highest BCUT2D eigenvalue weighted by atomic mass is 79.9. The molecule has 4 rings (SSSR count). The van der Waals surface area contributed by atoms with Gasteiger partial charge in [0.1, 0.15) is 0 Å². The molecule has 3 aliphatic rings. The first-order valence-corrected chi connectivity index (χ1v) is 7.79. The van der Waals surface area contributed by atoms with Gasteiger partial charge in [-0.3, -0.25) is 0 Å². The zero-order valence-electron chi connectivity index (χ0n) is 15.7. The van der Waals surface area contributed by atoms with E-state index in [2.05, 4.69) is 25.1 Å². The number of halogens is 1. The summed E-state index contributed by atoms with van der Waals surface area (Å²) in [6.07, 6.45) is 6.94. The monoisotopic (exact) mass is 356 g/mol. The molecule has 118 valence electrons. The van der Waals surface area contributed by atoms with Crippen LogP contribution in [0.3, 0.4) is 0 Å². The second-order valence-electron chi connectivity index (χ2n) is 6.88. The number of aryl methyl sites for hydroxylation is 1. The average Bonchev–Trinajstić information content (AvgIpc) is 2.47. The summed E-state index contributed by atoms with van der Waals surface area (Å²) in [5.74, 6) is 0.532. The summed E-state index contributed by atoms with van der Waals surface area (Å²) in [5, 5.41) is 0. The maximum absolute atomic E-state index is 7.93. The minimum atomic E-state index is -1.95. The smallest absolute Gasteiger partial charge is 0.0394 e. The standard InChI is InChI=1S/C18H25N.BrH.H2O/c1-13-6-7-14-12-17-15-5-3-4-8-18(15,16(14)11-13)9-10-19(17)2;;/h6-7,11,15,17H,3-5,8-10,12H2,1-2H3;1H;1H2/t15-,17+,18+;;/m1../s1/i2D3;;. The van der Waals surface area contributed by atoms with Crippen molar-refractivity contribution in [2.75, 3.05) is 13.5 Å².